The van der Waals surface area contributed by atoms with Crippen molar-refractivity contribution in [2.75, 3.05) is 11.9 Å². The first-order valence-electron chi connectivity index (χ1n) is 7.01. The maximum absolute atomic E-state index is 12.4. The number of halogens is 1. The number of fused-ring (bicyclic) bond motifs is 1. The molecular formula is C15H18BrN3O. The van der Waals surface area contributed by atoms with Crippen molar-refractivity contribution >= 4 is 27.4 Å². The summed E-state index contributed by atoms with van der Waals surface area (Å²) in [7, 11) is 0. The van der Waals surface area contributed by atoms with Crippen LogP contribution in [0.1, 0.15) is 36.0 Å². The zero-order valence-corrected chi connectivity index (χ0v) is 12.9. The van der Waals surface area contributed by atoms with E-state index in [-0.39, 0.29) is 11.3 Å². The molecule has 0 bridgehead atoms. The highest BCUT2D eigenvalue weighted by atomic mass is 79.9. The van der Waals surface area contributed by atoms with Crippen LogP contribution in [0.5, 0.6) is 0 Å². The Labute approximate surface area is 126 Å². The number of nitrogens with zero attached hydrogens (tertiary/aromatic N) is 2. The molecule has 0 radical (unpaired) electrons. The highest BCUT2D eigenvalue weighted by Crippen LogP contribution is 2.39. The van der Waals surface area contributed by atoms with E-state index in [9.17, 15) is 4.79 Å². The Kier molecular flexibility index (Phi) is 3.78. The molecule has 1 amide bonds. The van der Waals surface area contributed by atoms with Crippen LogP contribution in [0.25, 0.3) is 5.52 Å². The average molecular weight is 336 g/mol. The van der Waals surface area contributed by atoms with Crippen molar-refractivity contribution in [2.45, 2.75) is 25.7 Å². The summed E-state index contributed by atoms with van der Waals surface area (Å²) in [5, 5.41) is 8.25. The number of nitrogens with one attached hydrogen (secondary N) is 1. The van der Waals surface area contributed by atoms with Crippen LogP contribution < -0.4 is 5.32 Å². The van der Waals surface area contributed by atoms with Gasteiger partial charge in [0.15, 0.2) is 0 Å². The van der Waals surface area contributed by atoms with Gasteiger partial charge in [0.2, 0.25) is 0 Å². The van der Waals surface area contributed by atoms with E-state index in [0.717, 1.165) is 17.4 Å². The van der Waals surface area contributed by atoms with Gasteiger partial charge in [-0.25, -0.2) is 4.52 Å². The van der Waals surface area contributed by atoms with Gasteiger partial charge in [0.05, 0.1) is 17.3 Å². The number of aromatic nitrogens is 2. The molecule has 1 aliphatic rings. The summed E-state index contributed by atoms with van der Waals surface area (Å²) >= 11 is 3.60. The third kappa shape index (κ3) is 2.46. The summed E-state index contributed by atoms with van der Waals surface area (Å²) in [6.45, 7) is 0.737. The van der Waals surface area contributed by atoms with Gasteiger partial charge in [-0.3, -0.25) is 4.79 Å². The highest BCUT2D eigenvalue weighted by molar-refractivity contribution is 9.09. The Morgan fingerprint density at radius 2 is 2.20 bits per heavy atom. The second kappa shape index (κ2) is 5.56. The van der Waals surface area contributed by atoms with Crippen LogP contribution in [0.15, 0.2) is 30.6 Å². The summed E-state index contributed by atoms with van der Waals surface area (Å²) in [5.74, 6) is -0.0292. The Morgan fingerprint density at radius 3 is 2.95 bits per heavy atom. The molecule has 0 spiro atoms. The molecule has 20 heavy (non-hydrogen) atoms. The number of hydrogen-bond donors (Lipinski definition) is 1. The zero-order valence-electron chi connectivity index (χ0n) is 11.3. The molecule has 4 nitrogen and oxygen atoms in total. The summed E-state index contributed by atoms with van der Waals surface area (Å²) in [5.41, 5.74) is 1.73. The normalized spacial score (nSPS) is 17.4. The minimum atomic E-state index is -0.0292. The maximum atomic E-state index is 12.4. The van der Waals surface area contributed by atoms with Gasteiger partial charge in [0, 0.05) is 18.1 Å². The van der Waals surface area contributed by atoms with Gasteiger partial charge in [-0.1, -0.05) is 34.8 Å². The quantitative estimate of drug-likeness (QED) is 0.873. The van der Waals surface area contributed by atoms with Crippen LogP contribution in [-0.2, 0) is 0 Å². The first-order valence-corrected chi connectivity index (χ1v) is 8.13. The van der Waals surface area contributed by atoms with Crippen molar-refractivity contribution in [1.82, 2.24) is 14.9 Å². The molecule has 0 saturated heterocycles. The van der Waals surface area contributed by atoms with Crippen LogP contribution in [-0.4, -0.2) is 27.4 Å². The fourth-order valence-corrected chi connectivity index (χ4v) is 3.71. The lowest BCUT2D eigenvalue weighted by molar-refractivity contribution is 0.0937. The minimum absolute atomic E-state index is 0.0292. The molecule has 0 aliphatic heterocycles. The van der Waals surface area contributed by atoms with Crippen molar-refractivity contribution in [3.8, 4) is 0 Å². The predicted octanol–water partition coefficient (Wildman–Crippen LogP) is 3.02. The Hall–Kier alpha value is -1.36. The molecule has 2 heterocycles. The lowest BCUT2D eigenvalue weighted by Crippen LogP contribution is -2.37. The average Bonchev–Trinajstić information content (AvgIpc) is 3.12. The van der Waals surface area contributed by atoms with Crippen molar-refractivity contribution in [3.63, 3.8) is 0 Å². The van der Waals surface area contributed by atoms with Gasteiger partial charge < -0.3 is 5.32 Å². The number of alkyl halides is 1. The first-order chi connectivity index (χ1) is 9.74. The third-order valence-corrected chi connectivity index (χ3v) is 5.43. The van der Waals surface area contributed by atoms with Crippen LogP contribution in [0, 0.1) is 5.41 Å². The molecule has 1 saturated carbocycles. The number of rotatable bonds is 4. The van der Waals surface area contributed by atoms with Crippen LogP contribution in [0.2, 0.25) is 0 Å². The van der Waals surface area contributed by atoms with Crippen LogP contribution in [0.3, 0.4) is 0 Å². The Balaban J connectivity index is 1.73. The lowest BCUT2D eigenvalue weighted by Gasteiger charge is -2.26. The van der Waals surface area contributed by atoms with E-state index in [2.05, 4.69) is 26.3 Å². The topological polar surface area (TPSA) is 46.4 Å². The number of amides is 1. The summed E-state index contributed by atoms with van der Waals surface area (Å²) in [6.07, 6.45) is 8.39. The zero-order chi connectivity index (χ0) is 14.0. The van der Waals surface area contributed by atoms with E-state index >= 15 is 0 Å². The fourth-order valence-electron chi connectivity index (χ4n) is 2.96. The van der Waals surface area contributed by atoms with Crippen molar-refractivity contribution in [2.24, 2.45) is 5.41 Å². The largest absolute Gasteiger partial charge is 0.351 e. The van der Waals surface area contributed by atoms with E-state index < -0.39 is 0 Å². The molecular weight excluding hydrogens is 318 g/mol. The molecule has 0 unspecified atom stereocenters. The number of carbonyl (C=O) groups is 1. The first kappa shape index (κ1) is 13.6. The number of carbonyl (C=O) groups excluding carboxylic acids is 1. The van der Waals surface area contributed by atoms with Crippen LogP contribution >= 0.6 is 15.9 Å². The van der Waals surface area contributed by atoms with Crippen LogP contribution in [0.4, 0.5) is 0 Å². The second-order valence-electron chi connectivity index (χ2n) is 5.61. The van der Waals surface area contributed by atoms with Gasteiger partial charge in [0.1, 0.15) is 0 Å². The SMILES string of the molecule is O=C(NCC1(CBr)CCCC1)c1cnn2ccccc12. The molecule has 1 N–H and O–H groups in total. The Bertz CT molecular complexity index is 616. The van der Waals surface area contributed by atoms with Crippen molar-refractivity contribution < 1.29 is 4.79 Å². The van der Waals surface area contributed by atoms with Gasteiger partial charge in [-0.15, -0.1) is 0 Å². The molecule has 0 atom stereocenters. The lowest BCUT2D eigenvalue weighted by atomic mass is 9.89. The van der Waals surface area contributed by atoms with Gasteiger partial charge >= 0.3 is 0 Å². The monoisotopic (exact) mass is 335 g/mol. The number of pyridine rings is 1. The molecule has 0 aromatic carbocycles. The standard InChI is InChI=1S/C15H18BrN3O/c16-10-15(6-2-3-7-15)11-17-14(20)12-9-18-19-8-4-1-5-13(12)19/h1,4-5,8-9H,2-3,6-7,10-11H2,(H,17,20). The highest BCUT2D eigenvalue weighted by Gasteiger charge is 2.33. The maximum Gasteiger partial charge on any atom is 0.255 e. The predicted molar refractivity (Wildman–Crippen MR) is 82.2 cm³/mol. The van der Waals surface area contributed by atoms with Gasteiger partial charge in [0.25, 0.3) is 5.91 Å². The van der Waals surface area contributed by atoms with E-state index in [1.165, 1.54) is 25.7 Å². The molecule has 3 rings (SSSR count). The summed E-state index contributed by atoms with van der Waals surface area (Å²) in [4.78, 5) is 12.4. The summed E-state index contributed by atoms with van der Waals surface area (Å²) in [6, 6.07) is 5.74. The van der Waals surface area contributed by atoms with Gasteiger partial charge in [-0.2, -0.15) is 5.10 Å². The molecule has 2 aromatic heterocycles. The molecule has 5 heteroatoms. The minimum Gasteiger partial charge on any atom is -0.351 e. The second-order valence-corrected chi connectivity index (χ2v) is 6.17. The van der Waals surface area contributed by atoms with E-state index in [4.69, 9.17) is 0 Å². The third-order valence-electron chi connectivity index (χ3n) is 4.24. The molecule has 1 fully saturated rings. The molecule has 1 aliphatic carbocycles. The van der Waals surface area contributed by atoms with E-state index in [1.54, 1.807) is 10.7 Å². The molecule has 106 valence electrons. The smallest absolute Gasteiger partial charge is 0.255 e. The Morgan fingerprint density at radius 1 is 1.40 bits per heavy atom. The molecule has 2 aromatic rings. The number of hydrogen-bond acceptors (Lipinski definition) is 2. The summed E-state index contributed by atoms with van der Waals surface area (Å²) < 4.78 is 1.73. The van der Waals surface area contributed by atoms with E-state index in [1.807, 2.05) is 24.4 Å². The fraction of sp³-hybridized carbons (Fsp3) is 0.467. The van der Waals surface area contributed by atoms with Gasteiger partial charge in [-0.05, 0) is 30.4 Å². The van der Waals surface area contributed by atoms with E-state index in [0.29, 0.717) is 5.56 Å². The van der Waals surface area contributed by atoms with Crippen molar-refractivity contribution in [1.29, 1.82) is 0 Å². The van der Waals surface area contributed by atoms with Crippen molar-refractivity contribution in [3.05, 3.63) is 36.2 Å².